The number of esters is 1. The molecule has 0 saturated heterocycles. The van der Waals surface area contributed by atoms with E-state index in [1.54, 1.807) is 29.0 Å². The van der Waals surface area contributed by atoms with Gasteiger partial charge in [0.1, 0.15) is 17.6 Å². The summed E-state index contributed by atoms with van der Waals surface area (Å²) >= 11 is 1.56. The highest BCUT2D eigenvalue weighted by atomic mass is 32.1. The van der Waals surface area contributed by atoms with E-state index in [0.29, 0.717) is 49.6 Å². The fourth-order valence-corrected chi connectivity index (χ4v) is 6.64. The van der Waals surface area contributed by atoms with E-state index in [-0.39, 0.29) is 31.0 Å². The molecule has 0 spiro atoms. The van der Waals surface area contributed by atoms with Gasteiger partial charge in [-0.25, -0.2) is 4.98 Å². The Morgan fingerprint density at radius 3 is 2.87 bits per heavy atom. The van der Waals surface area contributed by atoms with Crippen LogP contribution in [0.15, 0.2) is 35.8 Å². The molecule has 0 unspecified atom stereocenters. The lowest BCUT2D eigenvalue weighted by Gasteiger charge is -2.28. The number of halogens is 3. The summed E-state index contributed by atoms with van der Waals surface area (Å²) in [4.78, 5) is 19.3. The fraction of sp³-hybridized carbons (Fsp3) is 0.429. The van der Waals surface area contributed by atoms with E-state index < -0.39 is 11.7 Å². The van der Waals surface area contributed by atoms with Crippen LogP contribution < -0.4 is 9.47 Å². The first-order chi connectivity index (χ1) is 18.3. The number of nitrogens with zero attached hydrogens (tertiary/aromatic N) is 2. The van der Waals surface area contributed by atoms with E-state index in [1.165, 1.54) is 13.2 Å². The minimum atomic E-state index is -4.42. The molecule has 6 rings (SSSR count). The van der Waals surface area contributed by atoms with Gasteiger partial charge in [-0.05, 0) is 41.7 Å². The number of fused-ring (bicyclic) bond motifs is 3. The van der Waals surface area contributed by atoms with E-state index in [2.05, 4.69) is 9.88 Å². The van der Waals surface area contributed by atoms with Gasteiger partial charge in [-0.15, -0.1) is 11.3 Å². The summed E-state index contributed by atoms with van der Waals surface area (Å²) in [6, 6.07) is 8.31. The van der Waals surface area contributed by atoms with Crippen molar-refractivity contribution in [2.45, 2.75) is 57.0 Å². The summed E-state index contributed by atoms with van der Waals surface area (Å²) in [5, 5.41) is 0. The van der Waals surface area contributed by atoms with Gasteiger partial charge < -0.3 is 14.2 Å². The average Bonchev–Trinajstić information content (AvgIpc) is 3.62. The molecule has 0 amide bonds. The normalized spacial score (nSPS) is 20.4. The number of alkyl halides is 3. The van der Waals surface area contributed by atoms with Crippen LogP contribution >= 0.6 is 11.3 Å². The number of thiazole rings is 1. The van der Waals surface area contributed by atoms with E-state index in [4.69, 9.17) is 14.2 Å². The molecule has 0 saturated carbocycles. The molecule has 1 aromatic heterocycles. The van der Waals surface area contributed by atoms with Crippen molar-refractivity contribution in [2.75, 3.05) is 20.3 Å². The topological polar surface area (TPSA) is 60.9 Å². The standard InChI is InChI=1S/C28H27F3N2O4S/c1-35-27(34)10-16-14-36-25-11-17(2-3-18(16)25)37-24-7-5-19-20(24)4-6-22(28(29,30)31)21(19)12-33-9-8-23-26(13-33)38-15-32-23/h2-4,6,11,15-16,24H,5,7-10,12-14H2,1H3/t16-,24-/m1/s1. The van der Waals surface area contributed by atoms with Crippen LogP contribution in [0.25, 0.3) is 0 Å². The van der Waals surface area contributed by atoms with Crippen molar-refractivity contribution in [1.29, 1.82) is 0 Å². The molecule has 3 aromatic rings. The number of carbonyl (C=O) groups is 1. The maximum atomic E-state index is 14.1. The number of methoxy groups -OCH3 is 1. The zero-order chi connectivity index (χ0) is 26.4. The molecule has 0 N–H and O–H groups in total. The first-order valence-electron chi connectivity index (χ1n) is 12.7. The molecule has 38 heavy (non-hydrogen) atoms. The highest BCUT2D eigenvalue weighted by Crippen LogP contribution is 2.44. The Hall–Kier alpha value is -3.11. The number of carbonyl (C=O) groups excluding carboxylic acids is 1. The van der Waals surface area contributed by atoms with Gasteiger partial charge in [-0.3, -0.25) is 9.69 Å². The average molecular weight is 545 g/mol. The highest BCUT2D eigenvalue weighted by molar-refractivity contribution is 7.09. The minimum absolute atomic E-state index is 0.0714. The molecule has 10 heteroatoms. The number of benzene rings is 2. The van der Waals surface area contributed by atoms with Crippen molar-refractivity contribution in [3.8, 4) is 11.5 Å². The van der Waals surface area contributed by atoms with Crippen LogP contribution in [0, 0.1) is 0 Å². The molecule has 3 heterocycles. The second kappa shape index (κ2) is 9.89. The van der Waals surface area contributed by atoms with Crippen molar-refractivity contribution in [2.24, 2.45) is 0 Å². The number of aromatic nitrogens is 1. The Balaban J connectivity index is 1.24. The molecule has 0 radical (unpaired) electrons. The van der Waals surface area contributed by atoms with Gasteiger partial charge in [0.2, 0.25) is 0 Å². The van der Waals surface area contributed by atoms with Crippen LogP contribution in [-0.4, -0.2) is 36.1 Å². The number of hydrogen-bond donors (Lipinski definition) is 0. The third-order valence-corrected chi connectivity index (χ3v) is 8.56. The lowest BCUT2D eigenvalue weighted by molar-refractivity contribution is -0.141. The van der Waals surface area contributed by atoms with Crippen LogP contribution in [0.3, 0.4) is 0 Å². The summed E-state index contributed by atoms with van der Waals surface area (Å²) < 4.78 is 59.1. The zero-order valence-electron chi connectivity index (χ0n) is 20.8. The SMILES string of the molecule is COC(=O)C[C@@H]1COc2cc(O[C@@H]3CCc4c3ccc(C(F)(F)F)c4CN3CCc4ncsc4C3)ccc21. The summed E-state index contributed by atoms with van der Waals surface area (Å²) in [7, 11) is 1.36. The maximum Gasteiger partial charge on any atom is 0.416 e. The van der Waals surface area contributed by atoms with E-state index in [0.717, 1.165) is 33.7 Å². The molecule has 1 aliphatic carbocycles. The number of hydrogen-bond acceptors (Lipinski definition) is 7. The van der Waals surface area contributed by atoms with Crippen molar-refractivity contribution in [3.63, 3.8) is 0 Å². The van der Waals surface area contributed by atoms with Gasteiger partial charge in [0.25, 0.3) is 0 Å². The monoisotopic (exact) mass is 544 g/mol. The summed E-state index contributed by atoms with van der Waals surface area (Å²) in [5.74, 6) is 0.893. The van der Waals surface area contributed by atoms with Gasteiger partial charge in [0.15, 0.2) is 0 Å². The smallest absolute Gasteiger partial charge is 0.416 e. The molecule has 2 aromatic carbocycles. The van der Waals surface area contributed by atoms with Gasteiger partial charge in [-0.1, -0.05) is 12.1 Å². The van der Waals surface area contributed by atoms with E-state index >= 15 is 0 Å². The van der Waals surface area contributed by atoms with Crippen LogP contribution in [0.1, 0.15) is 63.3 Å². The Morgan fingerprint density at radius 1 is 1.21 bits per heavy atom. The maximum absolute atomic E-state index is 14.1. The van der Waals surface area contributed by atoms with E-state index in [9.17, 15) is 18.0 Å². The Kier molecular flexibility index (Phi) is 6.55. The third-order valence-electron chi connectivity index (χ3n) is 7.70. The molecule has 3 aliphatic rings. The molecular weight excluding hydrogens is 517 g/mol. The Morgan fingerprint density at radius 2 is 2.05 bits per heavy atom. The van der Waals surface area contributed by atoms with Crippen LogP contribution in [0.5, 0.6) is 11.5 Å². The second-order valence-electron chi connectivity index (χ2n) is 9.97. The van der Waals surface area contributed by atoms with Crippen molar-refractivity contribution in [1.82, 2.24) is 9.88 Å². The van der Waals surface area contributed by atoms with Gasteiger partial charge >= 0.3 is 12.1 Å². The number of rotatable bonds is 6. The predicted octanol–water partition coefficient (Wildman–Crippen LogP) is 5.83. The zero-order valence-corrected chi connectivity index (χ0v) is 21.7. The molecular formula is C28H27F3N2O4S. The Bertz CT molecular complexity index is 1370. The molecule has 200 valence electrons. The minimum Gasteiger partial charge on any atom is -0.492 e. The largest absolute Gasteiger partial charge is 0.492 e. The third kappa shape index (κ3) is 4.75. The first kappa shape index (κ1) is 25.2. The summed E-state index contributed by atoms with van der Waals surface area (Å²) in [5.41, 5.74) is 5.15. The van der Waals surface area contributed by atoms with Crippen molar-refractivity contribution >= 4 is 17.3 Å². The molecule has 6 nitrogen and oxygen atoms in total. The molecule has 0 bridgehead atoms. The van der Waals surface area contributed by atoms with Crippen LogP contribution in [0.4, 0.5) is 13.2 Å². The Labute approximate surface area is 222 Å². The number of ether oxygens (including phenoxy) is 3. The quantitative estimate of drug-likeness (QED) is 0.364. The predicted molar refractivity (Wildman–Crippen MR) is 134 cm³/mol. The van der Waals surface area contributed by atoms with Crippen molar-refractivity contribution in [3.05, 3.63) is 74.2 Å². The van der Waals surface area contributed by atoms with Crippen LogP contribution in [0.2, 0.25) is 0 Å². The fourth-order valence-electron chi connectivity index (χ4n) is 5.79. The molecule has 0 fully saturated rings. The van der Waals surface area contributed by atoms with E-state index in [1.807, 2.05) is 12.1 Å². The van der Waals surface area contributed by atoms with Crippen LogP contribution in [-0.2, 0) is 41.6 Å². The summed E-state index contributed by atoms with van der Waals surface area (Å²) in [6.45, 7) is 1.94. The second-order valence-corrected chi connectivity index (χ2v) is 10.9. The highest BCUT2D eigenvalue weighted by Gasteiger charge is 2.38. The molecule has 2 aliphatic heterocycles. The first-order valence-corrected chi connectivity index (χ1v) is 13.5. The van der Waals surface area contributed by atoms with Gasteiger partial charge in [0, 0.05) is 48.5 Å². The lowest BCUT2D eigenvalue weighted by Crippen LogP contribution is -2.31. The van der Waals surface area contributed by atoms with Crippen molar-refractivity contribution < 1.29 is 32.2 Å². The van der Waals surface area contributed by atoms with Gasteiger partial charge in [-0.2, -0.15) is 13.2 Å². The van der Waals surface area contributed by atoms with Gasteiger partial charge in [0.05, 0.1) is 36.9 Å². The summed E-state index contributed by atoms with van der Waals surface area (Å²) in [6.07, 6.45) is -2.64. The molecule has 2 atom stereocenters. The lowest BCUT2D eigenvalue weighted by atomic mass is 9.95.